The highest BCUT2D eigenvalue weighted by Crippen LogP contribution is 2.36. The van der Waals surface area contributed by atoms with Crippen LogP contribution in [0.2, 0.25) is 0 Å². The second-order valence-electron chi connectivity index (χ2n) is 30.9. The number of amides is 3. The van der Waals surface area contributed by atoms with E-state index >= 15 is 0 Å². The fraction of sp³-hybridized carbons (Fsp3) is 0.129. The van der Waals surface area contributed by atoms with Gasteiger partial charge in [-0.2, -0.15) is 0 Å². The standard InChI is InChI=1S/C30H28N2O3.C29H26N2O4.C25H18N2O4.C17H19NO2/c1-20-12-13-22(24-11-8-16-31-19-24)17-26(20)28(33)32-27-18-23(21-9-6-5-7-10-21)14-15-25(27)29(34)35-30(2,3)4;1-29(2,3)35-28(34)23-13-11-21(19-8-5-4-6-9-19)17-25(23)31-27(33)24-16-20(12-14-26(24)32)22-10-7-15-30-18-22;28-23-11-9-17(19-7-4-12-26-15-19)13-21(23)24(29)27-22-14-18(8-10-20(22)25(30)31)16-5-2-1-3-6-16;1-17(2,3)20-16(19)14-10-9-13(11-15(14)18)12-7-5-4-6-8-12/h5-19H,1-4H3,(H,32,33);4-18,32H,1-3H3,(H,31,33);1-15,28H,(H,27,29)(H,30,31);4-11H,18H2,1-3H3. The lowest BCUT2D eigenvalue weighted by atomic mass is 9.99. The number of nitrogens with one attached hydrogen (secondary N) is 3. The van der Waals surface area contributed by atoms with Crippen LogP contribution < -0.4 is 21.7 Å². The number of aryl methyl sites for hydroxylation is 1. The second kappa shape index (κ2) is 39.0. The molecule has 0 unspecified atom stereocenters. The first-order valence-electron chi connectivity index (χ1n) is 38.7. The number of nitrogens with two attached hydrogens (primary N) is 1. The fourth-order valence-corrected chi connectivity index (χ4v) is 12.5. The molecule has 11 aromatic carbocycles. The molecule has 0 aliphatic rings. The Bertz CT molecular complexity index is 5820. The Labute approximate surface area is 702 Å². The third kappa shape index (κ3) is 23.9. The number of aromatic hydroxyl groups is 2. The highest BCUT2D eigenvalue weighted by Gasteiger charge is 2.27. The van der Waals surface area contributed by atoms with Crippen molar-refractivity contribution in [2.75, 3.05) is 21.7 Å². The van der Waals surface area contributed by atoms with Crippen molar-refractivity contribution in [3.63, 3.8) is 0 Å². The average molecular weight is 1610 g/mol. The lowest BCUT2D eigenvalue weighted by Crippen LogP contribution is -2.25. The summed E-state index contributed by atoms with van der Waals surface area (Å²) < 4.78 is 16.5. The van der Waals surface area contributed by atoms with E-state index in [9.17, 15) is 48.9 Å². The molecule has 121 heavy (non-hydrogen) atoms. The van der Waals surface area contributed by atoms with Gasteiger partial charge in [-0.15, -0.1) is 0 Å². The van der Waals surface area contributed by atoms with Gasteiger partial charge in [-0.3, -0.25) is 29.3 Å². The summed E-state index contributed by atoms with van der Waals surface area (Å²) in [5.74, 6) is -4.45. The molecule has 14 aromatic rings. The van der Waals surface area contributed by atoms with Gasteiger partial charge < -0.3 is 51.2 Å². The minimum Gasteiger partial charge on any atom is -0.507 e. The van der Waals surface area contributed by atoms with E-state index in [0.29, 0.717) is 33.6 Å². The number of nitrogen functional groups attached to an aromatic ring is 1. The molecular weight excluding hydrogens is 1520 g/mol. The maximum absolute atomic E-state index is 13.4. The average Bonchev–Trinajstić information content (AvgIpc) is 0.807. The number of pyridine rings is 3. The number of esters is 3. The van der Waals surface area contributed by atoms with E-state index < -0.39 is 52.5 Å². The van der Waals surface area contributed by atoms with E-state index in [-0.39, 0.29) is 51.0 Å². The number of carbonyl (C=O) groups is 7. The van der Waals surface area contributed by atoms with Crippen LogP contribution in [-0.4, -0.2) is 88.7 Å². The number of phenols is 2. The van der Waals surface area contributed by atoms with Crippen LogP contribution in [0, 0.1) is 6.92 Å². The molecule has 3 amide bonds. The first kappa shape index (κ1) is 86.4. The first-order chi connectivity index (χ1) is 57.8. The Kier molecular flexibility index (Phi) is 27.9. The molecule has 14 rings (SSSR count). The van der Waals surface area contributed by atoms with Crippen molar-refractivity contribution in [3.05, 3.63) is 367 Å². The van der Waals surface area contributed by atoms with Crippen molar-refractivity contribution >= 4 is 64.3 Å². The number of anilines is 4. The number of aromatic carboxylic acids is 1. The molecule has 0 radical (unpaired) electrons. The maximum Gasteiger partial charge on any atom is 0.340 e. The third-order valence-corrected chi connectivity index (χ3v) is 18.3. The van der Waals surface area contributed by atoms with Crippen LogP contribution in [0.15, 0.2) is 322 Å². The van der Waals surface area contributed by atoms with Crippen LogP contribution in [0.4, 0.5) is 22.7 Å². The van der Waals surface area contributed by atoms with Crippen LogP contribution in [0.1, 0.15) is 140 Å². The minimum atomic E-state index is -1.16. The molecule has 0 fully saturated rings. The molecule has 0 aliphatic carbocycles. The Morgan fingerprint density at radius 3 is 0.868 bits per heavy atom. The number of nitrogens with zero attached hydrogens (tertiary/aromatic N) is 3. The van der Waals surface area contributed by atoms with Gasteiger partial charge in [0.2, 0.25) is 0 Å². The molecule has 8 N–H and O–H groups in total. The zero-order chi connectivity index (χ0) is 86.5. The predicted molar refractivity (Wildman–Crippen MR) is 475 cm³/mol. The quantitative estimate of drug-likeness (QED) is 0.0253. The number of phenolic OH excluding ortho intramolecular Hbond substituents is 2. The molecule has 0 aliphatic heterocycles. The van der Waals surface area contributed by atoms with Gasteiger partial charge in [0.25, 0.3) is 17.7 Å². The number of hydrogen-bond donors (Lipinski definition) is 7. The van der Waals surface area contributed by atoms with Gasteiger partial charge in [-0.05, 0) is 233 Å². The zero-order valence-corrected chi connectivity index (χ0v) is 68.4. The van der Waals surface area contributed by atoms with E-state index in [2.05, 4.69) is 30.9 Å². The number of carbonyl (C=O) groups excluding carboxylic acids is 6. The normalized spacial score (nSPS) is 10.9. The maximum atomic E-state index is 13.4. The van der Waals surface area contributed by atoms with Crippen molar-refractivity contribution in [2.24, 2.45) is 0 Å². The molecule has 20 heteroatoms. The first-order valence-corrected chi connectivity index (χ1v) is 38.7. The lowest BCUT2D eigenvalue weighted by molar-refractivity contribution is 0.00580. The van der Waals surface area contributed by atoms with Crippen molar-refractivity contribution in [3.8, 4) is 89.4 Å². The van der Waals surface area contributed by atoms with Gasteiger partial charge in [0, 0.05) is 65.1 Å². The van der Waals surface area contributed by atoms with Crippen LogP contribution >= 0.6 is 0 Å². The van der Waals surface area contributed by atoms with Gasteiger partial charge in [0.15, 0.2) is 0 Å². The largest absolute Gasteiger partial charge is 0.507 e. The smallest absolute Gasteiger partial charge is 0.340 e. The summed E-state index contributed by atoms with van der Waals surface area (Å²) in [5.41, 5.74) is 19.8. The molecule has 3 heterocycles. The summed E-state index contributed by atoms with van der Waals surface area (Å²) >= 11 is 0. The monoisotopic (exact) mass is 1610 g/mol. The fourth-order valence-electron chi connectivity index (χ4n) is 12.5. The number of benzene rings is 11. The number of aromatic nitrogens is 3. The Balaban J connectivity index is 0.000000160. The second-order valence-corrected chi connectivity index (χ2v) is 30.9. The number of rotatable bonds is 17. The van der Waals surface area contributed by atoms with E-state index in [0.717, 1.165) is 77.9 Å². The highest BCUT2D eigenvalue weighted by molar-refractivity contribution is 6.13. The summed E-state index contributed by atoms with van der Waals surface area (Å²) in [4.78, 5) is 102. The number of hydrogen-bond acceptors (Lipinski definition) is 16. The molecule has 608 valence electrons. The van der Waals surface area contributed by atoms with E-state index in [1.165, 1.54) is 18.2 Å². The summed E-state index contributed by atoms with van der Waals surface area (Å²) in [7, 11) is 0. The van der Waals surface area contributed by atoms with Gasteiger partial charge in [0.05, 0.1) is 50.4 Å². The Morgan fingerprint density at radius 1 is 0.289 bits per heavy atom. The zero-order valence-electron chi connectivity index (χ0n) is 68.4. The summed E-state index contributed by atoms with van der Waals surface area (Å²) in [6.45, 7) is 18.2. The van der Waals surface area contributed by atoms with Crippen LogP contribution in [0.25, 0.3) is 77.9 Å². The molecule has 0 saturated heterocycles. The molecular formula is C101H91N7O13. The minimum absolute atomic E-state index is 0.0304. The summed E-state index contributed by atoms with van der Waals surface area (Å²) in [5, 5.41) is 38.6. The summed E-state index contributed by atoms with van der Waals surface area (Å²) in [6, 6.07) is 85.7. The number of ether oxygens (including phenoxy) is 3. The number of carboxylic acids is 1. The highest BCUT2D eigenvalue weighted by atomic mass is 16.6. The van der Waals surface area contributed by atoms with Crippen molar-refractivity contribution < 1.29 is 63.1 Å². The van der Waals surface area contributed by atoms with E-state index in [4.69, 9.17) is 19.9 Å². The number of carboxylic acid groups (broad SMARTS) is 1. The topological polar surface area (TPSA) is 309 Å². The SMILES string of the molecule is CC(C)(C)OC(=O)c1ccc(-c2ccccc2)cc1N.CC(C)(C)OC(=O)c1ccc(-c2ccccc2)cc1NC(=O)c1cc(-c2cccnc2)ccc1O.Cc1ccc(-c2cccnc2)cc1C(=O)Nc1cc(-c2ccccc2)ccc1C(=O)OC(C)(C)C.O=C(Nc1cc(-c2ccccc2)ccc1C(=O)O)c1cc(-c2cccnc2)ccc1O. The molecule has 0 spiro atoms. The van der Waals surface area contributed by atoms with E-state index in [1.807, 2.05) is 237 Å². The molecule has 3 aromatic heterocycles. The molecule has 0 atom stereocenters. The molecule has 0 saturated carbocycles. The molecule has 0 bridgehead atoms. The molecule has 20 nitrogen and oxygen atoms in total. The van der Waals surface area contributed by atoms with Gasteiger partial charge in [-0.25, -0.2) is 19.2 Å². The van der Waals surface area contributed by atoms with Crippen LogP contribution in [0.3, 0.4) is 0 Å². The van der Waals surface area contributed by atoms with Crippen LogP contribution in [-0.2, 0) is 14.2 Å². The van der Waals surface area contributed by atoms with Crippen molar-refractivity contribution in [1.29, 1.82) is 0 Å². The predicted octanol–water partition coefficient (Wildman–Crippen LogP) is 22.2. The van der Waals surface area contributed by atoms with Gasteiger partial charge in [-0.1, -0.05) is 188 Å². The van der Waals surface area contributed by atoms with Crippen LogP contribution in [0.5, 0.6) is 11.5 Å². The van der Waals surface area contributed by atoms with Gasteiger partial charge >= 0.3 is 23.9 Å². The Morgan fingerprint density at radius 2 is 0.554 bits per heavy atom. The Hall–Kier alpha value is -15.4. The summed E-state index contributed by atoms with van der Waals surface area (Å²) in [6.07, 6.45) is 10.1. The van der Waals surface area contributed by atoms with E-state index in [1.54, 1.807) is 137 Å². The van der Waals surface area contributed by atoms with Crippen molar-refractivity contribution in [2.45, 2.75) is 86.0 Å². The van der Waals surface area contributed by atoms with Crippen molar-refractivity contribution in [1.82, 2.24) is 15.0 Å². The third-order valence-electron chi connectivity index (χ3n) is 18.3. The lowest BCUT2D eigenvalue weighted by Gasteiger charge is -2.21. The van der Waals surface area contributed by atoms with Gasteiger partial charge in [0.1, 0.15) is 28.3 Å².